The number of carbonyl (C=O) groups is 1. The minimum atomic E-state index is -1.23. The second-order valence-electron chi connectivity index (χ2n) is 3.31. The average molecular weight is 190 g/mol. The van der Waals surface area contributed by atoms with Gasteiger partial charge in [0.25, 0.3) is 0 Å². The van der Waals surface area contributed by atoms with E-state index in [-0.39, 0.29) is 0 Å². The lowest BCUT2D eigenvalue weighted by Crippen LogP contribution is -2.17. The molecule has 1 aliphatic heterocycles. The zero-order valence-electron chi connectivity index (χ0n) is 8.40. The number of likely N-dealkylation sites (N-methyl/N-ethyl adjacent to an activating group) is 2. The summed E-state index contributed by atoms with van der Waals surface area (Å²) in [4.78, 5) is 14.1. The Morgan fingerprint density at radius 1 is 1.31 bits per heavy atom. The molecule has 78 valence electrons. The van der Waals surface area contributed by atoms with Crippen LogP contribution >= 0.6 is 0 Å². The summed E-state index contributed by atoms with van der Waals surface area (Å²) in [6.07, 6.45) is -1.23. The molecule has 0 aliphatic carbocycles. The molecular weight excluding hydrogens is 172 g/mol. The molecule has 0 spiro atoms. The van der Waals surface area contributed by atoms with Gasteiger partial charge < -0.3 is 10.2 Å². The molecule has 0 amide bonds. The summed E-state index contributed by atoms with van der Waals surface area (Å²) in [6.45, 7) is 4.80. The van der Waals surface area contributed by atoms with Gasteiger partial charge in [0.15, 0.2) is 0 Å². The molecule has 0 aromatic heterocycles. The number of nitrogens with zero attached hydrogens (tertiary/aromatic N) is 2. The van der Waals surface area contributed by atoms with Crippen molar-refractivity contribution < 1.29 is 15.0 Å². The third-order valence-electron chi connectivity index (χ3n) is 1.70. The lowest BCUT2D eigenvalue weighted by Gasteiger charge is -2.06. The molecule has 1 unspecified atom stereocenters. The van der Waals surface area contributed by atoms with Crippen LogP contribution in [0.1, 0.15) is 6.92 Å². The first kappa shape index (κ1) is 12.3. The number of carboxylic acid groups (broad SMARTS) is 1. The molecule has 0 aromatic carbocycles. The zero-order valence-corrected chi connectivity index (χ0v) is 8.40. The fourth-order valence-corrected chi connectivity index (χ4v) is 0.895. The van der Waals surface area contributed by atoms with Crippen LogP contribution < -0.4 is 0 Å². The van der Waals surface area contributed by atoms with Gasteiger partial charge >= 0.3 is 5.97 Å². The van der Waals surface area contributed by atoms with E-state index in [2.05, 4.69) is 23.9 Å². The molecule has 1 saturated heterocycles. The van der Waals surface area contributed by atoms with Crippen molar-refractivity contribution in [3.8, 4) is 0 Å². The van der Waals surface area contributed by atoms with Crippen molar-refractivity contribution in [2.45, 2.75) is 13.0 Å². The van der Waals surface area contributed by atoms with Crippen molar-refractivity contribution in [2.24, 2.45) is 0 Å². The zero-order chi connectivity index (χ0) is 10.4. The standard InChI is InChI=1S/C5H12N2.C3H6O3/c1-6-3-4-7(2)5-6;1-2(4)3(5)6/h3-5H2,1-2H3;2,4H,1H3,(H,5,6). The van der Waals surface area contributed by atoms with Crippen LogP contribution in [0, 0.1) is 0 Å². The average Bonchev–Trinajstić information content (AvgIpc) is 2.35. The molecule has 0 saturated carbocycles. The van der Waals surface area contributed by atoms with Crippen molar-refractivity contribution in [1.29, 1.82) is 0 Å². The van der Waals surface area contributed by atoms with Gasteiger partial charge in [-0.2, -0.15) is 0 Å². The minimum Gasteiger partial charge on any atom is -0.479 e. The highest BCUT2D eigenvalue weighted by molar-refractivity contribution is 5.71. The first-order valence-corrected chi connectivity index (χ1v) is 4.21. The first-order chi connectivity index (χ1) is 5.93. The molecule has 1 fully saturated rings. The van der Waals surface area contributed by atoms with E-state index in [1.54, 1.807) is 0 Å². The van der Waals surface area contributed by atoms with Crippen molar-refractivity contribution in [3.05, 3.63) is 0 Å². The van der Waals surface area contributed by atoms with E-state index in [4.69, 9.17) is 10.2 Å². The Kier molecular flexibility index (Phi) is 5.61. The molecule has 13 heavy (non-hydrogen) atoms. The monoisotopic (exact) mass is 190 g/mol. The quantitative estimate of drug-likeness (QED) is 0.571. The Hall–Kier alpha value is -0.650. The van der Waals surface area contributed by atoms with Gasteiger partial charge in [0.2, 0.25) is 0 Å². The van der Waals surface area contributed by atoms with Gasteiger partial charge in [0, 0.05) is 13.1 Å². The van der Waals surface area contributed by atoms with Gasteiger partial charge in [-0.05, 0) is 21.0 Å². The highest BCUT2D eigenvalue weighted by Crippen LogP contribution is 1.95. The predicted octanol–water partition coefficient (Wildman–Crippen LogP) is -0.727. The van der Waals surface area contributed by atoms with Gasteiger partial charge in [-0.15, -0.1) is 0 Å². The fraction of sp³-hybridized carbons (Fsp3) is 0.875. The van der Waals surface area contributed by atoms with Crippen LogP contribution in [0.4, 0.5) is 0 Å². The summed E-state index contributed by atoms with van der Waals surface area (Å²) in [5.41, 5.74) is 0. The summed E-state index contributed by atoms with van der Waals surface area (Å²) in [5.74, 6) is -1.19. The highest BCUT2D eigenvalue weighted by atomic mass is 16.4. The first-order valence-electron chi connectivity index (χ1n) is 4.21. The van der Waals surface area contributed by atoms with Gasteiger partial charge in [-0.1, -0.05) is 0 Å². The highest BCUT2D eigenvalue weighted by Gasteiger charge is 2.09. The van der Waals surface area contributed by atoms with E-state index >= 15 is 0 Å². The largest absolute Gasteiger partial charge is 0.479 e. The maximum Gasteiger partial charge on any atom is 0.332 e. The number of aliphatic hydroxyl groups is 1. The van der Waals surface area contributed by atoms with Gasteiger partial charge in [-0.25, -0.2) is 4.79 Å². The lowest BCUT2D eigenvalue weighted by atomic mass is 10.4. The summed E-state index contributed by atoms with van der Waals surface area (Å²) < 4.78 is 0. The van der Waals surface area contributed by atoms with Gasteiger partial charge in [0.1, 0.15) is 6.10 Å². The number of aliphatic carboxylic acids is 1. The topological polar surface area (TPSA) is 64.0 Å². The van der Waals surface area contributed by atoms with Crippen LogP contribution in [0.5, 0.6) is 0 Å². The van der Waals surface area contributed by atoms with E-state index in [1.807, 2.05) is 0 Å². The molecule has 5 heteroatoms. The number of carboxylic acids is 1. The maximum atomic E-state index is 9.45. The van der Waals surface area contributed by atoms with E-state index < -0.39 is 12.1 Å². The summed E-state index contributed by atoms with van der Waals surface area (Å²) in [6, 6.07) is 0. The molecule has 1 heterocycles. The number of rotatable bonds is 1. The smallest absolute Gasteiger partial charge is 0.332 e. The predicted molar refractivity (Wildman–Crippen MR) is 49.4 cm³/mol. The van der Waals surface area contributed by atoms with Crippen molar-refractivity contribution >= 4 is 5.97 Å². The molecule has 2 N–H and O–H groups in total. The normalized spacial score (nSPS) is 20.6. The van der Waals surface area contributed by atoms with Crippen LogP contribution in [-0.2, 0) is 4.79 Å². The Morgan fingerprint density at radius 2 is 1.62 bits per heavy atom. The Morgan fingerprint density at radius 3 is 1.69 bits per heavy atom. The maximum absolute atomic E-state index is 9.45. The summed E-state index contributed by atoms with van der Waals surface area (Å²) in [7, 11) is 4.28. The Labute approximate surface area is 78.6 Å². The van der Waals surface area contributed by atoms with Crippen molar-refractivity contribution in [1.82, 2.24) is 9.80 Å². The molecule has 0 radical (unpaired) electrons. The van der Waals surface area contributed by atoms with Gasteiger partial charge in [0.05, 0.1) is 6.67 Å². The fourth-order valence-electron chi connectivity index (χ4n) is 0.895. The summed E-state index contributed by atoms with van der Waals surface area (Å²) >= 11 is 0. The molecule has 5 nitrogen and oxygen atoms in total. The molecule has 0 bridgehead atoms. The van der Waals surface area contributed by atoms with Crippen LogP contribution in [0.15, 0.2) is 0 Å². The second-order valence-corrected chi connectivity index (χ2v) is 3.31. The SMILES string of the molecule is CC(O)C(=O)O.CN1CCN(C)C1. The van der Waals surface area contributed by atoms with Crippen LogP contribution in [0.25, 0.3) is 0 Å². The van der Waals surface area contributed by atoms with Crippen molar-refractivity contribution in [2.75, 3.05) is 33.9 Å². The minimum absolute atomic E-state index is 1.14. The van der Waals surface area contributed by atoms with E-state index in [0.29, 0.717) is 0 Å². The lowest BCUT2D eigenvalue weighted by molar-refractivity contribution is -0.145. The molecule has 1 atom stereocenters. The van der Waals surface area contributed by atoms with E-state index in [1.165, 1.54) is 20.0 Å². The molecule has 0 aromatic rings. The third-order valence-corrected chi connectivity index (χ3v) is 1.70. The molecule has 1 rings (SSSR count). The Balaban J connectivity index is 0.000000226. The summed E-state index contributed by atoms with van der Waals surface area (Å²) in [5, 5.41) is 15.8. The van der Waals surface area contributed by atoms with E-state index in [9.17, 15) is 4.79 Å². The Bertz CT molecular complexity index is 153. The van der Waals surface area contributed by atoms with Crippen molar-refractivity contribution in [3.63, 3.8) is 0 Å². The molecular formula is C8H18N2O3. The number of aliphatic hydroxyl groups excluding tert-OH is 1. The second kappa shape index (κ2) is 5.90. The van der Waals surface area contributed by atoms with E-state index in [0.717, 1.165) is 6.67 Å². The molecule has 1 aliphatic rings. The van der Waals surface area contributed by atoms with Crippen LogP contribution in [-0.4, -0.2) is 65.9 Å². The number of hydrogen-bond donors (Lipinski definition) is 2. The number of hydrogen-bond acceptors (Lipinski definition) is 4. The van der Waals surface area contributed by atoms with Crippen LogP contribution in [0.3, 0.4) is 0 Å². The van der Waals surface area contributed by atoms with Gasteiger partial charge in [-0.3, -0.25) is 9.80 Å². The van der Waals surface area contributed by atoms with Crippen LogP contribution in [0.2, 0.25) is 0 Å². The third kappa shape index (κ3) is 6.51.